The highest BCUT2D eigenvalue weighted by molar-refractivity contribution is 4.91. The monoisotopic (exact) mass is 252 g/mol. The van der Waals surface area contributed by atoms with E-state index in [0.717, 1.165) is 37.9 Å². The molecule has 0 spiro atoms. The summed E-state index contributed by atoms with van der Waals surface area (Å²) in [5, 5.41) is 11.5. The highest BCUT2D eigenvalue weighted by atomic mass is 16.5. The molecule has 0 unspecified atom stereocenters. The van der Waals surface area contributed by atoms with Gasteiger partial charge >= 0.3 is 0 Å². The minimum atomic E-state index is 0.473. The molecule has 0 aromatic carbocycles. The number of aromatic nitrogens is 3. The lowest BCUT2D eigenvalue weighted by Gasteiger charge is -2.04. The number of rotatable bonds is 9. The lowest BCUT2D eigenvalue weighted by atomic mass is 10.3. The summed E-state index contributed by atoms with van der Waals surface area (Å²) in [6.45, 7) is 7.43. The normalized spacial score (nSPS) is 15.5. The second-order valence-electron chi connectivity index (χ2n) is 5.35. The second kappa shape index (κ2) is 6.85. The van der Waals surface area contributed by atoms with Crippen molar-refractivity contribution in [1.29, 1.82) is 0 Å². The van der Waals surface area contributed by atoms with Gasteiger partial charge in [0.25, 0.3) is 0 Å². The molecule has 102 valence electrons. The molecule has 18 heavy (non-hydrogen) atoms. The van der Waals surface area contributed by atoms with E-state index in [1.165, 1.54) is 19.3 Å². The van der Waals surface area contributed by atoms with Crippen molar-refractivity contribution >= 4 is 0 Å². The molecule has 0 bridgehead atoms. The van der Waals surface area contributed by atoms with Gasteiger partial charge in [0.2, 0.25) is 0 Å². The van der Waals surface area contributed by atoms with Crippen LogP contribution in [0.15, 0.2) is 6.20 Å². The van der Waals surface area contributed by atoms with E-state index in [9.17, 15) is 0 Å². The number of hydrogen-bond acceptors (Lipinski definition) is 4. The zero-order chi connectivity index (χ0) is 12.8. The molecule has 0 atom stereocenters. The third kappa shape index (κ3) is 5.14. The summed E-state index contributed by atoms with van der Waals surface area (Å²) < 4.78 is 7.45. The van der Waals surface area contributed by atoms with Gasteiger partial charge in [-0.3, -0.25) is 0 Å². The van der Waals surface area contributed by atoms with Crippen LogP contribution in [-0.4, -0.2) is 34.2 Å². The van der Waals surface area contributed by atoms with Crippen LogP contribution in [0.5, 0.6) is 0 Å². The van der Waals surface area contributed by atoms with E-state index < -0.39 is 0 Å². The summed E-state index contributed by atoms with van der Waals surface area (Å²) in [6, 6.07) is 0.473. The van der Waals surface area contributed by atoms with E-state index in [-0.39, 0.29) is 0 Å². The van der Waals surface area contributed by atoms with Gasteiger partial charge in [-0.15, -0.1) is 5.10 Å². The van der Waals surface area contributed by atoms with Crippen LogP contribution in [0.3, 0.4) is 0 Å². The Hall–Kier alpha value is -0.940. The fourth-order valence-electron chi connectivity index (χ4n) is 1.75. The Morgan fingerprint density at radius 2 is 2.28 bits per heavy atom. The molecule has 1 heterocycles. The summed E-state index contributed by atoms with van der Waals surface area (Å²) in [5.41, 5.74) is 0.988. The standard InChI is InChI=1S/C13H24N4O/c1-11(2)14-9-13-10-17(16-15-13)6-8-18-7-5-12-3-4-12/h10-12,14H,3-9H2,1-2H3. The summed E-state index contributed by atoms with van der Waals surface area (Å²) in [5.74, 6) is 0.949. The highest BCUT2D eigenvalue weighted by Crippen LogP contribution is 2.31. The number of nitrogens with zero attached hydrogens (tertiary/aromatic N) is 3. The number of hydrogen-bond donors (Lipinski definition) is 1. The molecular weight excluding hydrogens is 228 g/mol. The van der Waals surface area contributed by atoms with Gasteiger partial charge in [-0.1, -0.05) is 31.9 Å². The maximum atomic E-state index is 5.59. The lowest BCUT2D eigenvalue weighted by molar-refractivity contribution is 0.118. The van der Waals surface area contributed by atoms with E-state index >= 15 is 0 Å². The predicted molar refractivity (Wildman–Crippen MR) is 70.2 cm³/mol. The van der Waals surface area contributed by atoms with Crippen molar-refractivity contribution < 1.29 is 4.74 Å². The molecule has 5 nitrogen and oxygen atoms in total. The van der Waals surface area contributed by atoms with E-state index in [1.54, 1.807) is 0 Å². The van der Waals surface area contributed by atoms with Gasteiger partial charge in [0.15, 0.2) is 0 Å². The van der Waals surface area contributed by atoms with E-state index in [1.807, 2.05) is 10.9 Å². The van der Waals surface area contributed by atoms with E-state index in [4.69, 9.17) is 4.74 Å². The van der Waals surface area contributed by atoms with E-state index in [2.05, 4.69) is 29.5 Å². The van der Waals surface area contributed by atoms with Crippen molar-refractivity contribution in [3.8, 4) is 0 Å². The summed E-state index contributed by atoms with van der Waals surface area (Å²) in [6.07, 6.45) is 6.01. The van der Waals surface area contributed by atoms with Crippen LogP contribution in [-0.2, 0) is 17.8 Å². The molecule has 1 saturated carbocycles. The fourth-order valence-corrected chi connectivity index (χ4v) is 1.75. The van der Waals surface area contributed by atoms with Crippen molar-refractivity contribution in [1.82, 2.24) is 20.3 Å². The van der Waals surface area contributed by atoms with Crippen molar-refractivity contribution in [2.24, 2.45) is 5.92 Å². The Kier molecular flexibility index (Phi) is 5.13. The van der Waals surface area contributed by atoms with Crippen molar-refractivity contribution in [3.63, 3.8) is 0 Å². The van der Waals surface area contributed by atoms with Crippen LogP contribution in [0.25, 0.3) is 0 Å². The molecular formula is C13H24N4O. The molecule has 0 aliphatic heterocycles. The molecule has 1 N–H and O–H groups in total. The van der Waals surface area contributed by atoms with Crippen LogP contribution < -0.4 is 5.32 Å². The fraction of sp³-hybridized carbons (Fsp3) is 0.846. The zero-order valence-electron chi connectivity index (χ0n) is 11.4. The van der Waals surface area contributed by atoms with Crippen molar-refractivity contribution in [2.75, 3.05) is 13.2 Å². The van der Waals surface area contributed by atoms with Gasteiger partial charge in [0.1, 0.15) is 0 Å². The average Bonchev–Trinajstić information content (AvgIpc) is 3.05. The van der Waals surface area contributed by atoms with Crippen LogP contribution in [0, 0.1) is 5.92 Å². The van der Waals surface area contributed by atoms with Crippen molar-refractivity contribution in [3.05, 3.63) is 11.9 Å². The van der Waals surface area contributed by atoms with Gasteiger partial charge in [-0.25, -0.2) is 4.68 Å². The van der Waals surface area contributed by atoms with Gasteiger partial charge in [0.05, 0.1) is 18.8 Å². The third-order valence-corrected chi connectivity index (χ3v) is 3.11. The van der Waals surface area contributed by atoms with Crippen molar-refractivity contribution in [2.45, 2.75) is 52.2 Å². The minimum absolute atomic E-state index is 0.473. The largest absolute Gasteiger partial charge is 0.380 e. The SMILES string of the molecule is CC(C)NCc1cn(CCOCCC2CC2)nn1. The Bertz CT molecular complexity index is 347. The van der Waals surface area contributed by atoms with Crippen LogP contribution >= 0.6 is 0 Å². The Morgan fingerprint density at radius 1 is 1.44 bits per heavy atom. The quantitative estimate of drug-likeness (QED) is 0.678. The second-order valence-corrected chi connectivity index (χ2v) is 5.35. The molecule has 1 fully saturated rings. The Morgan fingerprint density at radius 3 is 3.00 bits per heavy atom. The number of ether oxygens (including phenoxy) is 1. The number of nitrogens with one attached hydrogen (secondary N) is 1. The van der Waals surface area contributed by atoms with E-state index in [0.29, 0.717) is 6.04 Å². The highest BCUT2D eigenvalue weighted by Gasteiger charge is 2.20. The van der Waals surface area contributed by atoms with Crippen LogP contribution in [0.4, 0.5) is 0 Å². The molecule has 1 aliphatic carbocycles. The average molecular weight is 252 g/mol. The first-order chi connectivity index (χ1) is 8.74. The first-order valence-corrected chi connectivity index (χ1v) is 6.94. The molecule has 0 radical (unpaired) electrons. The van der Waals surface area contributed by atoms with Gasteiger partial charge in [-0.05, 0) is 12.3 Å². The van der Waals surface area contributed by atoms with Crippen LogP contribution in [0.2, 0.25) is 0 Å². The molecule has 1 aromatic rings. The summed E-state index contributed by atoms with van der Waals surface area (Å²) in [4.78, 5) is 0. The molecule has 0 saturated heterocycles. The van der Waals surface area contributed by atoms with Crippen LogP contribution in [0.1, 0.15) is 38.8 Å². The molecule has 1 aliphatic rings. The van der Waals surface area contributed by atoms with Gasteiger partial charge < -0.3 is 10.1 Å². The Labute approximate surface area is 109 Å². The molecule has 0 amide bonds. The first kappa shape index (κ1) is 13.5. The van der Waals surface area contributed by atoms with Gasteiger partial charge in [0, 0.05) is 25.4 Å². The molecule has 5 heteroatoms. The zero-order valence-corrected chi connectivity index (χ0v) is 11.4. The lowest BCUT2D eigenvalue weighted by Crippen LogP contribution is -2.21. The minimum Gasteiger partial charge on any atom is -0.380 e. The maximum Gasteiger partial charge on any atom is 0.0964 e. The predicted octanol–water partition coefficient (Wildman–Crippen LogP) is 1.59. The topological polar surface area (TPSA) is 52.0 Å². The molecule has 1 aromatic heterocycles. The van der Waals surface area contributed by atoms with Gasteiger partial charge in [-0.2, -0.15) is 0 Å². The summed E-state index contributed by atoms with van der Waals surface area (Å²) in [7, 11) is 0. The smallest absolute Gasteiger partial charge is 0.0964 e. The Balaban J connectivity index is 1.57. The first-order valence-electron chi connectivity index (χ1n) is 6.94. The molecule has 2 rings (SSSR count). The third-order valence-electron chi connectivity index (χ3n) is 3.11. The maximum absolute atomic E-state index is 5.59. The summed E-state index contributed by atoms with van der Waals surface area (Å²) >= 11 is 0.